The number of carbonyl (C=O) groups is 1. The Hall–Kier alpha value is -1.86. The number of benzene rings is 1. The molecule has 1 aromatic heterocycles. The standard InChI is InChI=1S/C17H23N3O3S/c1-3-19-10-8-13-11-15(6-7-16(13)19)24(22,23)20-9-4-5-14(12-20)17(21)18-2/h6-8,10-11,14H,3-5,9,12H2,1-2H3,(H,18,21)/t14-/m1/s1. The minimum absolute atomic E-state index is 0.0922. The van der Waals surface area contributed by atoms with Crippen LogP contribution in [0.25, 0.3) is 10.9 Å². The van der Waals surface area contributed by atoms with Crippen LogP contribution in [0.2, 0.25) is 0 Å². The fourth-order valence-corrected chi connectivity index (χ4v) is 4.90. The van der Waals surface area contributed by atoms with E-state index in [9.17, 15) is 13.2 Å². The summed E-state index contributed by atoms with van der Waals surface area (Å²) in [5, 5.41) is 3.53. The lowest BCUT2D eigenvalue weighted by Crippen LogP contribution is -2.44. The number of carbonyl (C=O) groups excluding carboxylic acids is 1. The van der Waals surface area contributed by atoms with Gasteiger partial charge in [-0.05, 0) is 44.0 Å². The van der Waals surface area contributed by atoms with Crippen molar-refractivity contribution in [2.45, 2.75) is 31.2 Å². The molecule has 0 saturated carbocycles. The van der Waals surface area contributed by atoms with Crippen molar-refractivity contribution in [1.29, 1.82) is 0 Å². The van der Waals surface area contributed by atoms with Crippen molar-refractivity contribution in [3.05, 3.63) is 30.5 Å². The van der Waals surface area contributed by atoms with Crippen LogP contribution < -0.4 is 5.32 Å². The minimum Gasteiger partial charge on any atom is -0.359 e. The van der Waals surface area contributed by atoms with E-state index in [4.69, 9.17) is 0 Å². The summed E-state index contributed by atoms with van der Waals surface area (Å²) in [7, 11) is -2.00. The lowest BCUT2D eigenvalue weighted by Gasteiger charge is -2.31. The summed E-state index contributed by atoms with van der Waals surface area (Å²) >= 11 is 0. The molecule has 2 heterocycles. The number of sulfonamides is 1. The average Bonchev–Trinajstić information content (AvgIpc) is 3.03. The maximum Gasteiger partial charge on any atom is 0.243 e. The average molecular weight is 349 g/mol. The van der Waals surface area contributed by atoms with Gasteiger partial charge in [-0.25, -0.2) is 8.42 Å². The molecule has 0 radical (unpaired) electrons. The number of hydrogen-bond acceptors (Lipinski definition) is 3. The first-order valence-corrected chi connectivity index (χ1v) is 9.72. The number of nitrogens with zero attached hydrogens (tertiary/aromatic N) is 2. The first kappa shape index (κ1) is 17.0. The molecule has 130 valence electrons. The van der Waals surface area contributed by atoms with E-state index < -0.39 is 10.0 Å². The highest BCUT2D eigenvalue weighted by molar-refractivity contribution is 7.89. The van der Waals surface area contributed by atoms with Crippen molar-refractivity contribution in [3.63, 3.8) is 0 Å². The van der Waals surface area contributed by atoms with Gasteiger partial charge in [-0.2, -0.15) is 4.31 Å². The van der Waals surface area contributed by atoms with Gasteiger partial charge in [-0.3, -0.25) is 4.79 Å². The van der Waals surface area contributed by atoms with Gasteiger partial charge in [-0.1, -0.05) is 0 Å². The van der Waals surface area contributed by atoms with E-state index in [1.54, 1.807) is 19.2 Å². The quantitative estimate of drug-likeness (QED) is 0.915. The SMILES string of the molecule is CCn1ccc2cc(S(=O)(=O)N3CCC[C@@H](C(=O)NC)C3)ccc21. The molecule has 0 bridgehead atoms. The zero-order valence-electron chi connectivity index (χ0n) is 14.0. The molecule has 0 spiro atoms. The van der Waals surface area contributed by atoms with Gasteiger partial charge in [0.2, 0.25) is 15.9 Å². The Labute approximate surface area is 142 Å². The number of nitrogens with one attached hydrogen (secondary N) is 1. The predicted molar refractivity (Wildman–Crippen MR) is 93.2 cm³/mol. The summed E-state index contributed by atoms with van der Waals surface area (Å²) in [6.45, 7) is 3.60. The van der Waals surface area contributed by atoms with Gasteiger partial charge < -0.3 is 9.88 Å². The highest BCUT2D eigenvalue weighted by atomic mass is 32.2. The van der Waals surface area contributed by atoms with Crippen LogP contribution in [0.5, 0.6) is 0 Å². The molecule has 0 unspecified atom stereocenters. The van der Waals surface area contributed by atoms with Crippen molar-refractivity contribution in [2.24, 2.45) is 5.92 Å². The van der Waals surface area contributed by atoms with Gasteiger partial charge in [0, 0.05) is 43.8 Å². The number of piperidine rings is 1. The second kappa shape index (κ2) is 6.57. The van der Waals surface area contributed by atoms with Crippen molar-refractivity contribution in [1.82, 2.24) is 14.2 Å². The molecular formula is C17H23N3O3S. The summed E-state index contributed by atoms with van der Waals surface area (Å²) in [5.74, 6) is -0.367. The Morgan fingerprint density at radius 2 is 2.12 bits per heavy atom. The maximum atomic E-state index is 13.0. The number of rotatable bonds is 4. The smallest absolute Gasteiger partial charge is 0.243 e. The van der Waals surface area contributed by atoms with Gasteiger partial charge in [0.1, 0.15) is 0 Å². The predicted octanol–water partition coefficient (Wildman–Crippen LogP) is 1.81. The third-order valence-electron chi connectivity index (χ3n) is 4.72. The van der Waals surface area contributed by atoms with Crippen molar-refractivity contribution >= 4 is 26.8 Å². The molecule has 1 N–H and O–H groups in total. The van der Waals surface area contributed by atoms with Crippen LogP contribution >= 0.6 is 0 Å². The largest absolute Gasteiger partial charge is 0.359 e. The number of hydrogen-bond donors (Lipinski definition) is 1. The Balaban J connectivity index is 1.91. The van der Waals surface area contributed by atoms with Gasteiger partial charge in [0.15, 0.2) is 0 Å². The van der Waals surface area contributed by atoms with Crippen LogP contribution in [0.15, 0.2) is 35.4 Å². The lowest BCUT2D eigenvalue weighted by atomic mass is 9.99. The topological polar surface area (TPSA) is 71.4 Å². The summed E-state index contributed by atoms with van der Waals surface area (Å²) in [6, 6.07) is 7.17. The molecule has 1 saturated heterocycles. The van der Waals surface area contributed by atoms with Crippen LogP contribution in [0.4, 0.5) is 0 Å². The molecule has 1 amide bonds. The van der Waals surface area contributed by atoms with E-state index in [1.807, 2.05) is 18.3 Å². The van der Waals surface area contributed by atoms with Crippen molar-refractivity contribution in [2.75, 3.05) is 20.1 Å². The molecule has 6 nitrogen and oxygen atoms in total. The highest BCUT2D eigenvalue weighted by Crippen LogP contribution is 2.26. The third kappa shape index (κ3) is 2.93. The molecule has 1 aliphatic rings. The maximum absolute atomic E-state index is 13.0. The van der Waals surface area contributed by atoms with Crippen LogP contribution in [0.1, 0.15) is 19.8 Å². The Morgan fingerprint density at radius 3 is 2.83 bits per heavy atom. The third-order valence-corrected chi connectivity index (χ3v) is 6.58. The van der Waals surface area contributed by atoms with E-state index >= 15 is 0 Å². The molecule has 1 fully saturated rings. The molecule has 1 atom stereocenters. The normalized spacial score (nSPS) is 19.5. The van der Waals surface area contributed by atoms with E-state index in [0.717, 1.165) is 23.9 Å². The Kier molecular flexibility index (Phi) is 4.64. The number of amides is 1. The number of aromatic nitrogens is 1. The molecule has 0 aliphatic carbocycles. The van der Waals surface area contributed by atoms with Crippen molar-refractivity contribution in [3.8, 4) is 0 Å². The second-order valence-electron chi connectivity index (χ2n) is 6.14. The van der Waals surface area contributed by atoms with Gasteiger partial charge in [-0.15, -0.1) is 0 Å². The fourth-order valence-electron chi connectivity index (χ4n) is 3.34. The molecule has 2 aromatic rings. The van der Waals surface area contributed by atoms with Crippen LogP contribution in [-0.4, -0.2) is 43.3 Å². The first-order valence-electron chi connectivity index (χ1n) is 8.28. The van der Waals surface area contributed by atoms with E-state index in [-0.39, 0.29) is 18.4 Å². The number of aryl methyl sites for hydroxylation is 1. The Morgan fingerprint density at radius 1 is 1.33 bits per heavy atom. The second-order valence-corrected chi connectivity index (χ2v) is 8.08. The molecule has 3 rings (SSSR count). The molecule has 1 aliphatic heterocycles. The highest BCUT2D eigenvalue weighted by Gasteiger charge is 2.33. The van der Waals surface area contributed by atoms with Crippen LogP contribution in [-0.2, 0) is 21.4 Å². The van der Waals surface area contributed by atoms with Gasteiger partial charge >= 0.3 is 0 Å². The van der Waals surface area contributed by atoms with Crippen LogP contribution in [0, 0.1) is 5.92 Å². The first-order chi connectivity index (χ1) is 11.5. The van der Waals surface area contributed by atoms with Gasteiger partial charge in [0.25, 0.3) is 0 Å². The van der Waals surface area contributed by atoms with E-state index in [1.165, 1.54) is 4.31 Å². The minimum atomic E-state index is -3.58. The number of fused-ring (bicyclic) bond motifs is 1. The van der Waals surface area contributed by atoms with Gasteiger partial charge in [0.05, 0.1) is 10.8 Å². The summed E-state index contributed by atoms with van der Waals surface area (Å²) in [5.41, 5.74) is 1.03. The Bertz CT molecular complexity index is 857. The summed E-state index contributed by atoms with van der Waals surface area (Å²) in [4.78, 5) is 12.1. The summed E-state index contributed by atoms with van der Waals surface area (Å²) < 4.78 is 29.4. The van der Waals surface area contributed by atoms with E-state index in [2.05, 4.69) is 16.8 Å². The molecule has 1 aromatic carbocycles. The zero-order chi connectivity index (χ0) is 17.3. The monoisotopic (exact) mass is 349 g/mol. The molecule has 24 heavy (non-hydrogen) atoms. The fraction of sp³-hybridized carbons (Fsp3) is 0.471. The zero-order valence-corrected chi connectivity index (χ0v) is 14.8. The molecule has 7 heteroatoms. The van der Waals surface area contributed by atoms with E-state index in [0.29, 0.717) is 17.9 Å². The van der Waals surface area contributed by atoms with Crippen molar-refractivity contribution < 1.29 is 13.2 Å². The molecular weight excluding hydrogens is 326 g/mol. The lowest BCUT2D eigenvalue weighted by molar-refractivity contribution is -0.125. The van der Waals surface area contributed by atoms with Crippen LogP contribution in [0.3, 0.4) is 0 Å². The summed E-state index contributed by atoms with van der Waals surface area (Å²) in [6.07, 6.45) is 3.39.